The van der Waals surface area contributed by atoms with E-state index in [9.17, 15) is 0 Å². The molecule has 4 nitrogen and oxygen atoms in total. The first-order chi connectivity index (χ1) is 8.22. The summed E-state index contributed by atoms with van der Waals surface area (Å²) in [6.45, 7) is 1.62. The van der Waals surface area contributed by atoms with Crippen molar-refractivity contribution in [3.05, 3.63) is 16.6 Å². The zero-order chi connectivity index (χ0) is 12.3. The number of nitrogen functional groups attached to an aromatic ring is 1. The normalized spacial score (nSPS) is 16.8. The van der Waals surface area contributed by atoms with Crippen molar-refractivity contribution in [1.29, 1.82) is 0 Å². The Bertz CT molecular complexity index is 392. The lowest BCUT2D eigenvalue weighted by atomic mass is 10.1. The van der Waals surface area contributed by atoms with E-state index in [1.165, 1.54) is 0 Å². The molecule has 2 rings (SSSR count). The molecule has 0 aliphatic carbocycles. The van der Waals surface area contributed by atoms with Gasteiger partial charge in [0.1, 0.15) is 0 Å². The Hall–Kier alpha value is -0.940. The largest absolute Gasteiger partial charge is 0.493 e. The number of methoxy groups -OCH3 is 1. The maximum absolute atomic E-state index is 6.06. The van der Waals surface area contributed by atoms with Gasteiger partial charge in [0.05, 0.1) is 23.0 Å². The highest BCUT2D eigenvalue weighted by molar-refractivity contribution is 9.10. The summed E-state index contributed by atoms with van der Waals surface area (Å²) in [5, 5.41) is 3.45. The van der Waals surface area contributed by atoms with Crippen molar-refractivity contribution in [1.82, 2.24) is 0 Å². The first-order valence-electron chi connectivity index (χ1n) is 5.68. The van der Waals surface area contributed by atoms with Crippen LogP contribution in [0.1, 0.15) is 12.8 Å². The predicted octanol–water partition coefficient (Wildman–Crippen LogP) is 2.63. The third kappa shape index (κ3) is 2.84. The SMILES string of the molecule is COc1c(Br)ccc(NC2CCOCC2)c1N. The molecule has 1 heterocycles. The minimum atomic E-state index is 0.428. The third-order valence-corrected chi connectivity index (χ3v) is 3.56. The lowest BCUT2D eigenvalue weighted by Gasteiger charge is -2.25. The molecular weight excluding hydrogens is 284 g/mol. The van der Waals surface area contributed by atoms with Gasteiger partial charge in [0.2, 0.25) is 0 Å². The van der Waals surface area contributed by atoms with Crippen molar-refractivity contribution < 1.29 is 9.47 Å². The monoisotopic (exact) mass is 300 g/mol. The molecule has 0 bridgehead atoms. The van der Waals surface area contributed by atoms with E-state index >= 15 is 0 Å². The Labute approximate surface area is 110 Å². The number of benzene rings is 1. The summed E-state index contributed by atoms with van der Waals surface area (Å²) in [7, 11) is 1.62. The molecule has 1 aromatic carbocycles. The second-order valence-electron chi connectivity index (χ2n) is 4.07. The van der Waals surface area contributed by atoms with Gasteiger partial charge in [0, 0.05) is 19.3 Å². The number of ether oxygens (including phenoxy) is 2. The van der Waals surface area contributed by atoms with Crippen LogP contribution in [0.15, 0.2) is 16.6 Å². The number of hydrogen-bond acceptors (Lipinski definition) is 4. The summed E-state index contributed by atoms with van der Waals surface area (Å²) in [4.78, 5) is 0. The molecule has 5 heteroatoms. The number of nitrogens with one attached hydrogen (secondary N) is 1. The molecule has 1 aromatic rings. The average Bonchev–Trinajstić information content (AvgIpc) is 2.35. The van der Waals surface area contributed by atoms with Crippen molar-refractivity contribution in [2.24, 2.45) is 0 Å². The molecule has 1 saturated heterocycles. The predicted molar refractivity (Wildman–Crippen MR) is 72.6 cm³/mol. The van der Waals surface area contributed by atoms with E-state index in [4.69, 9.17) is 15.2 Å². The van der Waals surface area contributed by atoms with E-state index in [0.29, 0.717) is 17.5 Å². The van der Waals surface area contributed by atoms with Gasteiger partial charge < -0.3 is 20.5 Å². The molecule has 0 radical (unpaired) electrons. The summed E-state index contributed by atoms with van der Waals surface area (Å²) < 4.78 is 11.5. The number of anilines is 2. The molecule has 3 N–H and O–H groups in total. The maximum Gasteiger partial charge on any atom is 0.158 e. The third-order valence-electron chi connectivity index (χ3n) is 2.93. The van der Waals surface area contributed by atoms with Crippen LogP contribution >= 0.6 is 15.9 Å². The van der Waals surface area contributed by atoms with Crippen molar-refractivity contribution in [3.63, 3.8) is 0 Å². The van der Waals surface area contributed by atoms with Gasteiger partial charge in [0.25, 0.3) is 0 Å². The fourth-order valence-corrected chi connectivity index (χ4v) is 2.48. The van der Waals surface area contributed by atoms with Gasteiger partial charge in [0.15, 0.2) is 5.75 Å². The number of halogens is 1. The minimum absolute atomic E-state index is 0.428. The topological polar surface area (TPSA) is 56.5 Å². The van der Waals surface area contributed by atoms with Crippen LogP contribution in [-0.2, 0) is 4.74 Å². The molecule has 1 aliphatic heterocycles. The second-order valence-corrected chi connectivity index (χ2v) is 4.93. The summed E-state index contributed by atoms with van der Waals surface area (Å²) in [5.74, 6) is 0.682. The maximum atomic E-state index is 6.06. The second kappa shape index (κ2) is 5.60. The van der Waals surface area contributed by atoms with Crippen LogP contribution < -0.4 is 15.8 Å². The van der Waals surface area contributed by atoms with Gasteiger partial charge in [-0.15, -0.1) is 0 Å². The van der Waals surface area contributed by atoms with Crippen LogP contribution in [-0.4, -0.2) is 26.4 Å². The molecule has 0 unspecified atom stereocenters. The fourth-order valence-electron chi connectivity index (χ4n) is 1.97. The van der Waals surface area contributed by atoms with Crippen LogP contribution in [0.3, 0.4) is 0 Å². The van der Waals surface area contributed by atoms with Gasteiger partial charge in [-0.25, -0.2) is 0 Å². The van der Waals surface area contributed by atoms with E-state index < -0.39 is 0 Å². The van der Waals surface area contributed by atoms with Crippen LogP contribution in [0.2, 0.25) is 0 Å². The molecule has 1 aliphatic rings. The lowest BCUT2D eigenvalue weighted by Crippen LogP contribution is -2.28. The summed E-state index contributed by atoms with van der Waals surface area (Å²) in [6.07, 6.45) is 2.02. The Morgan fingerprint density at radius 1 is 1.41 bits per heavy atom. The first-order valence-corrected chi connectivity index (χ1v) is 6.48. The molecule has 94 valence electrons. The highest BCUT2D eigenvalue weighted by Gasteiger charge is 2.16. The highest BCUT2D eigenvalue weighted by Crippen LogP contribution is 2.37. The minimum Gasteiger partial charge on any atom is -0.493 e. The fraction of sp³-hybridized carbons (Fsp3) is 0.500. The highest BCUT2D eigenvalue weighted by atomic mass is 79.9. The Morgan fingerprint density at radius 3 is 2.76 bits per heavy atom. The quantitative estimate of drug-likeness (QED) is 0.843. The molecule has 0 amide bonds. The van der Waals surface area contributed by atoms with Crippen molar-refractivity contribution in [2.45, 2.75) is 18.9 Å². The van der Waals surface area contributed by atoms with Gasteiger partial charge in [-0.05, 0) is 40.9 Å². The first kappa shape index (κ1) is 12.5. The smallest absolute Gasteiger partial charge is 0.158 e. The van der Waals surface area contributed by atoms with Gasteiger partial charge in [-0.3, -0.25) is 0 Å². The van der Waals surface area contributed by atoms with Crippen LogP contribution in [0, 0.1) is 0 Å². The van der Waals surface area contributed by atoms with Crippen molar-refractivity contribution >= 4 is 27.3 Å². The molecule has 0 atom stereocenters. The van der Waals surface area contributed by atoms with Gasteiger partial charge in [-0.2, -0.15) is 0 Å². The summed E-state index contributed by atoms with van der Waals surface area (Å²) in [5.41, 5.74) is 7.64. The number of hydrogen-bond donors (Lipinski definition) is 2. The zero-order valence-electron chi connectivity index (χ0n) is 9.83. The summed E-state index contributed by atoms with van der Waals surface area (Å²) in [6, 6.07) is 4.34. The van der Waals surface area contributed by atoms with Crippen LogP contribution in [0.5, 0.6) is 5.75 Å². The Balaban J connectivity index is 2.15. The van der Waals surface area contributed by atoms with E-state index in [1.54, 1.807) is 7.11 Å². The van der Waals surface area contributed by atoms with Gasteiger partial charge >= 0.3 is 0 Å². The Morgan fingerprint density at radius 2 is 2.12 bits per heavy atom. The van der Waals surface area contributed by atoms with E-state index in [1.807, 2.05) is 12.1 Å². The molecular formula is C12H17BrN2O2. The average molecular weight is 301 g/mol. The van der Waals surface area contributed by atoms with E-state index in [0.717, 1.165) is 36.2 Å². The van der Waals surface area contributed by atoms with Crippen LogP contribution in [0.4, 0.5) is 11.4 Å². The molecule has 0 spiro atoms. The molecule has 1 fully saturated rings. The summed E-state index contributed by atoms with van der Waals surface area (Å²) >= 11 is 3.41. The number of rotatable bonds is 3. The van der Waals surface area contributed by atoms with Crippen molar-refractivity contribution in [3.8, 4) is 5.75 Å². The standard InChI is InChI=1S/C12H17BrN2O2/c1-16-12-9(13)2-3-10(11(12)14)15-8-4-6-17-7-5-8/h2-3,8,15H,4-7,14H2,1H3. The zero-order valence-corrected chi connectivity index (χ0v) is 11.4. The number of nitrogens with two attached hydrogens (primary N) is 1. The van der Waals surface area contributed by atoms with Crippen molar-refractivity contribution in [2.75, 3.05) is 31.4 Å². The van der Waals surface area contributed by atoms with Crippen LogP contribution in [0.25, 0.3) is 0 Å². The lowest BCUT2D eigenvalue weighted by molar-refractivity contribution is 0.0904. The molecule has 17 heavy (non-hydrogen) atoms. The molecule has 0 aromatic heterocycles. The Kier molecular flexibility index (Phi) is 4.12. The van der Waals surface area contributed by atoms with E-state index in [-0.39, 0.29) is 0 Å². The van der Waals surface area contributed by atoms with Gasteiger partial charge in [-0.1, -0.05) is 0 Å². The molecule has 0 saturated carbocycles. The van der Waals surface area contributed by atoms with E-state index in [2.05, 4.69) is 21.2 Å².